The third kappa shape index (κ3) is 3.32. The van der Waals surface area contributed by atoms with Gasteiger partial charge in [0.2, 0.25) is 5.91 Å². The Kier molecular flexibility index (Phi) is 4.67. The minimum Gasteiger partial charge on any atom is -0.480 e. The van der Waals surface area contributed by atoms with Gasteiger partial charge in [0.25, 0.3) is 0 Å². The Balaban J connectivity index is 2.31. The number of carbonyl (C=O) groups is 2. The minimum atomic E-state index is -0.997. The Morgan fingerprint density at radius 2 is 2.15 bits per heavy atom. The lowest BCUT2D eigenvalue weighted by Crippen LogP contribution is -2.43. The SMILES string of the molecule is CCN1C(=O)CC(C(=O)O)SC1=Nc1ccc(Cl)cc1. The number of nitrogens with zero attached hydrogens (tertiary/aromatic N) is 2. The van der Waals surface area contributed by atoms with E-state index in [1.807, 2.05) is 6.92 Å². The fourth-order valence-electron chi connectivity index (χ4n) is 1.77. The number of amidine groups is 1. The molecular formula is C13H13ClN2O3S. The van der Waals surface area contributed by atoms with E-state index in [1.165, 1.54) is 4.90 Å². The Morgan fingerprint density at radius 3 is 2.70 bits per heavy atom. The molecule has 1 aliphatic heterocycles. The maximum Gasteiger partial charge on any atom is 0.317 e. The summed E-state index contributed by atoms with van der Waals surface area (Å²) in [5, 5.41) is 9.30. The molecule has 0 aliphatic carbocycles. The summed E-state index contributed by atoms with van der Waals surface area (Å²) in [6.07, 6.45) is -0.00647. The largest absolute Gasteiger partial charge is 0.480 e. The van der Waals surface area contributed by atoms with Crippen molar-refractivity contribution < 1.29 is 14.7 Å². The number of hydrogen-bond acceptors (Lipinski definition) is 4. The van der Waals surface area contributed by atoms with E-state index in [2.05, 4.69) is 4.99 Å². The van der Waals surface area contributed by atoms with Gasteiger partial charge < -0.3 is 5.11 Å². The highest BCUT2D eigenvalue weighted by Gasteiger charge is 2.34. The van der Waals surface area contributed by atoms with Crippen LogP contribution in [0.15, 0.2) is 29.3 Å². The number of benzene rings is 1. The predicted molar refractivity (Wildman–Crippen MR) is 79.6 cm³/mol. The third-order valence-electron chi connectivity index (χ3n) is 2.78. The topological polar surface area (TPSA) is 70.0 Å². The maximum atomic E-state index is 11.9. The Labute approximate surface area is 125 Å². The van der Waals surface area contributed by atoms with Crippen LogP contribution in [-0.4, -0.2) is 38.8 Å². The number of aliphatic imine (C=N–C) groups is 1. The molecule has 1 saturated heterocycles. The van der Waals surface area contributed by atoms with Gasteiger partial charge in [0, 0.05) is 11.6 Å². The van der Waals surface area contributed by atoms with Gasteiger partial charge in [-0.05, 0) is 31.2 Å². The van der Waals surface area contributed by atoms with Crippen LogP contribution in [-0.2, 0) is 9.59 Å². The maximum absolute atomic E-state index is 11.9. The van der Waals surface area contributed by atoms with Crippen molar-refractivity contribution in [3.63, 3.8) is 0 Å². The number of amides is 1. The number of hydrogen-bond donors (Lipinski definition) is 1. The van der Waals surface area contributed by atoms with Crippen molar-refractivity contribution >= 4 is 46.1 Å². The average molecular weight is 313 g/mol. The Hall–Kier alpha value is -1.53. The third-order valence-corrected chi connectivity index (χ3v) is 4.21. The normalized spacial score (nSPS) is 21.3. The van der Waals surface area contributed by atoms with Crippen LogP contribution in [0.2, 0.25) is 5.02 Å². The first kappa shape index (κ1) is 14.9. The average Bonchev–Trinajstić information content (AvgIpc) is 2.41. The van der Waals surface area contributed by atoms with Crippen molar-refractivity contribution in [3.8, 4) is 0 Å². The first-order valence-corrected chi connectivity index (χ1v) is 7.31. The molecule has 1 aliphatic rings. The van der Waals surface area contributed by atoms with Gasteiger partial charge in [0.05, 0.1) is 12.1 Å². The molecule has 1 N–H and O–H groups in total. The highest BCUT2D eigenvalue weighted by molar-refractivity contribution is 8.15. The lowest BCUT2D eigenvalue weighted by atomic mass is 10.2. The van der Waals surface area contributed by atoms with E-state index >= 15 is 0 Å². The zero-order valence-corrected chi connectivity index (χ0v) is 12.3. The first-order valence-electron chi connectivity index (χ1n) is 6.05. The molecule has 20 heavy (non-hydrogen) atoms. The number of carboxylic acids is 1. The quantitative estimate of drug-likeness (QED) is 0.931. The molecule has 1 aromatic carbocycles. The molecule has 7 heteroatoms. The standard InChI is InChI=1S/C13H13ClN2O3S/c1-2-16-11(17)7-10(12(18)19)20-13(16)15-9-5-3-8(14)4-6-9/h3-6,10H,2,7H2,1H3,(H,18,19). The van der Waals surface area contributed by atoms with E-state index in [0.717, 1.165) is 11.8 Å². The number of halogens is 1. The van der Waals surface area contributed by atoms with Gasteiger partial charge >= 0.3 is 5.97 Å². The van der Waals surface area contributed by atoms with Crippen molar-refractivity contribution in [2.75, 3.05) is 6.54 Å². The van der Waals surface area contributed by atoms with Crippen LogP contribution in [0.5, 0.6) is 0 Å². The summed E-state index contributed by atoms with van der Waals surface area (Å²) < 4.78 is 0. The number of aliphatic carboxylic acids is 1. The van der Waals surface area contributed by atoms with Gasteiger partial charge in [-0.2, -0.15) is 0 Å². The van der Waals surface area contributed by atoms with Gasteiger partial charge in [-0.25, -0.2) is 4.99 Å². The highest BCUT2D eigenvalue weighted by atomic mass is 35.5. The summed E-state index contributed by atoms with van der Waals surface area (Å²) >= 11 is 6.90. The minimum absolute atomic E-state index is 0.00647. The second-order valence-electron chi connectivity index (χ2n) is 4.16. The molecule has 1 heterocycles. The van der Waals surface area contributed by atoms with Crippen LogP contribution in [0.1, 0.15) is 13.3 Å². The van der Waals surface area contributed by atoms with E-state index in [0.29, 0.717) is 22.4 Å². The summed E-state index contributed by atoms with van der Waals surface area (Å²) in [6.45, 7) is 2.29. The summed E-state index contributed by atoms with van der Waals surface area (Å²) in [5.74, 6) is -1.21. The molecule has 1 unspecified atom stereocenters. The van der Waals surface area contributed by atoms with Crippen molar-refractivity contribution in [2.45, 2.75) is 18.6 Å². The van der Waals surface area contributed by atoms with E-state index in [-0.39, 0.29) is 12.3 Å². The number of carbonyl (C=O) groups excluding carboxylic acids is 1. The monoisotopic (exact) mass is 312 g/mol. The number of carboxylic acid groups (broad SMARTS) is 1. The van der Waals surface area contributed by atoms with E-state index in [9.17, 15) is 9.59 Å². The van der Waals surface area contributed by atoms with Crippen molar-refractivity contribution in [1.29, 1.82) is 0 Å². The fraction of sp³-hybridized carbons (Fsp3) is 0.308. The van der Waals surface area contributed by atoms with Gasteiger partial charge in [-0.15, -0.1) is 0 Å². The van der Waals surface area contributed by atoms with E-state index in [4.69, 9.17) is 16.7 Å². The highest BCUT2D eigenvalue weighted by Crippen LogP contribution is 2.29. The van der Waals surface area contributed by atoms with Crippen molar-refractivity contribution in [3.05, 3.63) is 29.3 Å². The molecule has 5 nitrogen and oxygen atoms in total. The fourth-order valence-corrected chi connectivity index (χ4v) is 2.99. The zero-order chi connectivity index (χ0) is 14.7. The van der Waals surface area contributed by atoms with Gasteiger partial charge in [-0.3, -0.25) is 14.5 Å². The van der Waals surface area contributed by atoms with Crippen LogP contribution in [0, 0.1) is 0 Å². The lowest BCUT2D eigenvalue weighted by molar-refractivity contribution is -0.139. The summed E-state index contributed by atoms with van der Waals surface area (Å²) in [4.78, 5) is 28.9. The van der Waals surface area contributed by atoms with Crippen LogP contribution in [0.3, 0.4) is 0 Å². The molecule has 1 fully saturated rings. The molecule has 0 saturated carbocycles. The van der Waals surface area contributed by atoms with Gasteiger partial charge in [0.1, 0.15) is 5.25 Å². The molecule has 2 rings (SSSR count). The van der Waals surface area contributed by atoms with Crippen LogP contribution >= 0.6 is 23.4 Å². The molecule has 0 bridgehead atoms. The predicted octanol–water partition coefficient (Wildman–Crippen LogP) is 2.77. The van der Waals surface area contributed by atoms with E-state index < -0.39 is 11.2 Å². The van der Waals surface area contributed by atoms with Crippen LogP contribution in [0.4, 0.5) is 5.69 Å². The molecular weight excluding hydrogens is 300 g/mol. The molecule has 0 aromatic heterocycles. The van der Waals surface area contributed by atoms with Crippen molar-refractivity contribution in [2.24, 2.45) is 4.99 Å². The molecule has 1 amide bonds. The summed E-state index contributed by atoms with van der Waals surface area (Å²) in [7, 11) is 0. The summed E-state index contributed by atoms with van der Waals surface area (Å²) in [6, 6.07) is 6.83. The molecule has 0 spiro atoms. The smallest absolute Gasteiger partial charge is 0.317 e. The molecule has 0 radical (unpaired) electrons. The Morgan fingerprint density at radius 1 is 1.50 bits per heavy atom. The zero-order valence-electron chi connectivity index (χ0n) is 10.7. The molecule has 1 aromatic rings. The van der Waals surface area contributed by atoms with Gasteiger partial charge in [0.15, 0.2) is 5.17 Å². The second-order valence-corrected chi connectivity index (χ2v) is 5.76. The lowest BCUT2D eigenvalue weighted by Gasteiger charge is -2.29. The number of rotatable bonds is 3. The number of thioether (sulfide) groups is 1. The first-order chi connectivity index (χ1) is 9.51. The Bertz CT molecular complexity index is 559. The van der Waals surface area contributed by atoms with Crippen molar-refractivity contribution in [1.82, 2.24) is 4.90 Å². The van der Waals surface area contributed by atoms with E-state index in [1.54, 1.807) is 24.3 Å². The van der Waals surface area contributed by atoms with Crippen LogP contribution < -0.4 is 0 Å². The van der Waals surface area contributed by atoms with Crippen LogP contribution in [0.25, 0.3) is 0 Å². The van der Waals surface area contributed by atoms with Gasteiger partial charge in [-0.1, -0.05) is 23.4 Å². The molecule has 106 valence electrons. The second kappa shape index (κ2) is 6.28. The molecule has 1 atom stereocenters. The summed E-state index contributed by atoms with van der Waals surface area (Å²) in [5.41, 5.74) is 0.634.